The first-order valence-electron chi connectivity index (χ1n) is 10.5. The van der Waals surface area contributed by atoms with Gasteiger partial charge >= 0.3 is 0 Å². The van der Waals surface area contributed by atoms with Gasteiger partial charge in [-0.15, -0.1) is 0 Å². The van der Waals surface area contributed by atoms with Crippen molar-refractivity contribution in [2.24, 2.45) is 0 Å². The Morgan fingerprint density at radius 1 is 1.29 bits per heavy atom. The maximum Gasteiger partial charge on any atom is 0.281 e. The van der Waals surface area contributed by atoms with Crippen molar-refractivity contribution >= 4 is 38.6 Å². The van der Waals surface area contributed by atoms with Crippen LogP contribution in [0.15, 0.2) is 47.0 Å². The van der Waals surface area contributed by atoms with E-state index in [2.05, 4.69) is 27.9 Å². The first-order chi connectivity index (χ1) is 15.1. The maximum atomic E-state index is 11.7. The quantitative estimate of drug-likeness (QED) is 0.453. The Balaban J connectivity index is 1.31. The summed E-state index contributed by atoms with van der Waals surface area (Å²) >= 11 is 1.48. The van der Waals surface area contributed by atoms with E-state index in [-0.39, 0.29) is 5.91 Å². The Morgan fingerprint density at radius 2 is 2.19 bits per heavy atom. The van der Waals surface area contributed by atoms with Gasteiger partial charge in [0.1, 0.15) is 17.1 Å². The number of benzene rings is 1. The molecule has 1 aromatic carbocycles. The zero-order valence-electron chi connectivity index (χ0n) is 17.6. The van der Waals surface area contributed by atoms with Crippen molar-refractivity contribution in [1.82, 2.24) is 19.8 Å². The van der Waals surface area contributed by atoms with Gasteiger partial charge in [-0.05, 0) is 42.8 Å². The third-order valence-electron chi connectivity index (χ3n) is 5.77. The highest BCUT2D eigenvalue weighted by Crippen LogP contribution is 2.32. The lowest BCUT2D eigenvalue weighted by Gasteiger charge is -2.40. The number of pyridine rings is 1. The Labute approximate surface area is 184 Å². The van der Waals surface area contributed by atoms with Crippen LogP contribution in [0.3, 0.4) is 0 Å². The lowest BCUT2D eigenvalue weighted by molar-refractivity contribution is -0.132. The Bertz CT molecular complexity index is 1200. The summed E-state index contributed by atoms with van der Waals surface area (Å²) < 4.78 is 13.1. The van der Waals surface area contributed by atoms with Crippen LogP contribution in [-0.4, -0.2) is 51.4 Å². The number of ether oxygens (including phenoxy) is 1. The fourth-order valence-electron chi connectivity index (χ4n) is 4.09. The minimum absolute atomic E-state index is 0.151. The van der Waals surface area contributed by atoms with Crippen LogP contribution in [0.1, 0.15) is 26.0 Å². The molecule has 7 nitrogen and oxygen atoms in total. The molecule has 4 aromatic rings. The topological polar surface area (TPSA) is 71.7 Å². The van der Waals surface area contributed by atoms with Crippen LogP contribution in [0.25, 0.3) is 21.3 Å². The maximum absolute atomic E-state index is 11.7. The molecule has 1 atom stereocenters. The lowest BCUT2D eigenvalue weighted by Crippen LogP contribution is -2.53. The van der Waals surface area contributed by atoms with Crippen LogP contribution < -0.4 is 4.74 Å². The van der Waals surface area contributed by atoms with Gasteiger partial charge in [0.2, 0.25) is 5.91 Å². The van der Waals surface area contributed by atoms with E-state index in [1.807, 2.05) is 35.2 Å². The zero-order chi connectivity index (χ0) is 21.4. The van der Waals surface area contributed by atoms with Gasteiger partial charge in [-0.2, -0.15) is 4.98 Å². The molecule has 1 amide bonds. The van der Waals surface area contributed by atoms with Crippen LogP contribution in [0.4, 0.5) is 0 Å². The highest BCUT2D eigenvalue weighted by atomic mass is 32.1. The molecule has 0 bridgehead atoms. The van der Waals surface area contributed by atoms with Crippen LogP contribution in [-0.2, 0) is 11.3 Å². The fraction of sp³-hybridized carbons (Fsp3) is 0.348. The molecule has 8 heteroatoms. The van der Waals surface area contributed by atoms with Crippen molar-refractivity contribution in [2.75, 3.05) is 19.6 Å². The summed E-state index contributed by atoms with van der Waals surface area (Å²) in [6.07, 6.45) is 2.73. The lowest BCUT2D eigenvalue weighted by atomic mass is 10.1. The van der Waals surface area contributed by atoms with Crippen molar-refractivity contribution in [3.8, 4) is 10.9 Å². The molecule has 31 heavy (non-hydrogen) atoms. The normalized spacial score (nSPS) is 17.5. The van der Waals surface area contributed by atoms with Crippen LogP contribution in [0, 0.1) is 0 Å². The van der Waals surface area contributed by atoms with Gasteiger partial charge in [0.25, 0.3) is 5.19 Å². The van der Waals surface area contributed by atoms with E-state index in [1.54, 1.807) is 13.1 Å². The predicted molar refractivity (Wildman–Crippen MR) is 120 cm³/mol. The van der Waals surface area contributed by atoms with Crippen molar-refractivity contribution in [3.05, 3.63) is 48.4 Å². The first kappa shape index (κ1) is 20.0. The molecule has 0 saturated carbocycles. The van der Waals surface area contributed by atoms with Crippen molar-refractivity contribution in [2.45, 2.75) is 32.9 Å². The Morgan fingerprint density at radius 3 is 3.00 bits per heavy atom. The molecule has 5 rings (SSSR count). The Kier molecular flexibility index (Phi) is 5.33. The monoisotopic (exact) mass is 436 g/mol. The SMILES string of the molecule is CC[C@H]1CN(C(C)=O)CCN1Cc1cc2cc(Oc3nc4ncccc4s3)ccc2o1. The number of amides is 1. The number of carbonyl (C=O) groups is 1. The van der Waals surface area contributed by atoms with Crippen LogP contribution >= 0.6 is 11.3 Å². The van der Waals surface area contributed by atoms with Crippen LogP contribution in [0.5, 0.6) is 10.9 Å². The summed E-state index contributed by atoms with van der Waals surface area (Å²) in [6, 6.07) is 12.1. The number of hydrogen-bond acceptors (Lipinski definition) is 7. The molecule has 0 N–H and O–H groups in total. The van der Waals surface area contributed by atoms with E-state index in [0.29, 0.717) is 16.9 Å². The number of piperazine rings is 1. The molecular formula is C23H24N4O3S. The first-order valence-corrected chi connectivity index (χ1v) is 11.3. The van der Waals surface area contributed by atoms with E-state index in [1.165, 1.54) is 11.3 Å². The van der Waals surface area contributed by atoms with Gasteiger partial charge in [-0.1, -0.05) is 18.3 Å². The molecule has 160 valence electrons. The summed E-state index contributed by atoms with van der Waals surface area (Å²) in [6.45, 7) is 6.95. The number of hydrogen-bond donors (Lipinski definition) is 0. The minimum atomic E-state index is 0.151. The fourth-order valence-corrected chi connectivity index (χ4v) is 4.88. The number of rotatable bonds is 5. The number of nitrogens with zero attached hydrogens (tertiary/aromatic N) is 4. The smallest absolute Gasteiger partial charge is 0.281 e. The van der Waals surface area contributed by atoms with Gasteiger partial charge < -0.3 is 14.1 Å². The summed E-state index contributed by atoms with van der Waals surface area (Å²) in [5.41, 5.74) is 1.54. The molecule has 0 radical (unpaired) electrons. The van der Waals surface area contributed by atoms with Gasteiger partial charge in [0.05, 0.1) is 11.2 Å². The molecule has 1 aliphatic rings. The van der Waals surface area contributed by atoms with Gasteiger partial charge in [0, 0.05) is 44.2 Å². The van der Waals surface area contributed by atoms with E-state index in [0.717, 1.165) is 59.8 Å². The van der Waals surface area contributed by atoms with Crippen molar-refractivity contribution in [1.29, 1.82) is 0 Å². The molecule has 1 saturated heterocycles. The largest absolute Gasteiger partial charge is 0.460 e. The number of aromatic nitrogens is 2. The third kappa shape index (κ3) is 4.13. The summed E-state index contributed by atoms with van der Waals surface area (Å²) in [5.74, 6) is 1.80. The van der Waals surface area contributed by atoms with E-state index < -0.39 is 0 Å². The highest BCUT2D eigenvalue weighted by molar-refractivity contribution is 7.20. The van der Waals surface area contributed by atoms with E-state index >= 15 is 0 Å². The highest BCUT2D eigenvalue weighted by Gasteiger charge is 2.27. The molecule has 3 aromatic heterocycles. The number of carbonyl (C=O) groups excluding carboxylic acids is 1. The van der Waals surface area contributed by atoms with Gasteiger partial charge in [0.15, 0.2) is 5.65 Å². The molecule has 0 aliphatic carbocycles. The summed E-state index contributed by atoms with van der Waals surface area (Å²) in [7, 11) is 0. The molecule has 0 unspecified atom stereocenters. The van der Waals surface area contributed by atoms with Gasteiger partial charge in [-0.25, -0.2) is 4.98 Å². The standard InChI is InChI=1S/C23H24N4O3S/c1-3-17-13-26(15(2)28)9-10-27(17)14-19-12-16-11-18(6-7-20(16)29-19)30-23-25-22-21(31-23)5-4-8-24-22/h4-8,11-12,17H,3,9-10,13-14H2,1-2H3/t17-/m0/s1. The molecule has 1 fully saturated rings. The molecule has 1 aliphatic heterocycles. The average Bonchev–Trinajstić information content (AvgIpc) is 3.36. The molecule has 0 spiro atoms. The van der Waals surface area contributed by atoms with Gasteiger partial charge in [-0.3, -0.25) is 9.69 Å². The number of furan rings is 1. The Hall–Kier alpha value is -2.97. The van der Waals surface area contributed by atoms with E-state index in [4.69, 9.17) is 9.15 Å². The van der Waals surface area contributed by atoms with Crippen molar-refractivity contribution < 1.29 is 13.9 Å². The number of fused-ring (bicyclic) bond motifs is 2. The van der Waals surface area contributed by atoms with Crippen LogP contribution in [0.2, 0.25) is 0 Å². The zero-order valence-corrected chi connectivity index (χ0v) is 18.4. The minimum Gasteiger partial charge on any atom is -0.460 e. The average molecular weight is 437 g/mol. The second kappa shape index (κ2) is 8.28. The van der Waals surface area contributed by atoms with Crippen molar-refractivity contribution in [3.63, 3.8) is 0 Å². The second-order valence-electron chi connectivity index (χ2n) is 7.82. The second-order valence-corrected chi connectivity index (χ2v) is 8.81. The molecule has 4 heterocycles. The predicted octanol–water partition coefficient (Wildman–Crippen LogP) is 4.67. The third-order valence-corrected chi connectivity index (χ3v) is 6.66. The summed E-state index contributed by atoms with van der Waals surface area (Å²) in [5, 5.41) is 1.58. The summed E-state index contributed by atoms with van der Waals surface area (Å²) in [4.78, 5) is 24.8. The number of thiazole rings is 1. The molecular weight excluding hydrogens is 412 g/mol. The van der Waals surface area contributed by atoms with E-state index in [9.17, 15) is 4.79 Å².